The summed E-state index contributed by atoms with van der Waals surface area (Å²) in [7, 11) is 0. The Bertz CT molecular complexity index is 921. The van der Waals surface area contributed by atoms with Gasteiger partial charge in [0.1, 0.15) is 5.75 Å². The highest BCUT2D eigenvalue weighted by molar-refractivity contribution is 7.98. The van der Waals surface area contributed by atoms with Crippen LogP contribution in [-0.4, -0.2) is 54.8 Å². The summed E-state index contributed by atoms with van der Waals surface area (Å²) in [6, 6.07) is 15.8. The Morgan fingerprint density at radius 1 is 1.11 bits per heavy atom. The zero-order chi connectivity index (χ0) is 18.6. The van der Waals surface area contributed by atoms with Crippen LogP contribution >= 0.6 is 23.1 Å². The Kier molecular flexibility index (Phi) is 5.50. The quantitative estimate of drug-likeness (QED) is 0.612. The third-order valence-corrected chi connectivity index (χ3v) is 6.45. The van der Waals surface area contributed by atoms with E-state index < -0.39 is 0 Å². The molecule has 1 aliphatic rings. The van der Waals surface area contributed by atoms with E-state index in [4.69, 9.17) is 9.72 Å². The predicted molar refractivity (Wildman–Crippen MR) is 112 cm³/mol. The van der Waals surface area contributed by atoms with E-state index in [2.05, 4.69) is 29.4 Å². The van der Waals surface area contributed by atoms with Gasteiger partial charge in [-0.2, -0.15) is 0 Å². The molecule has 0 radical (unpaired) electrons. The number of nitrogens with zero attached hydrogens (tertiary/aromatic N) is 3. The molecule has 0 bridgehead atoms. The molecule has 3 aromatic rings. The number of thiazole rings is 1. The first-order valence-corrected chi connectivity index (χ1v) is 10.9. The van der Waals surface area contributed by atoms with E-state index in [-0.39, 0.29) is 12.5 Å². The number of benzene rings is 2. The summed E-state index contributed by atoms with van der Waals surface area (Å²) >= 11 is 3.45. The highest BCUT2D eigenvalue weighted by Gasteiger charge is 2.23. The normalized spacial score (nSPS) is 14.6. The van der Waals surface area contributed by atoms with Crippen LogP contribution in [0.25, 0.3) is 10.2 Å². The first kappa shape index (κ1) is 18.1. The molecular weight excluding hydrogens is 378 g/mol. The molecule has 7 heteroatoms. The average molecular weight is 400 g/mol. The van der Waals surface area contributed by atoms with Gasteiger partial charge in [0.05, 0.1) is 10.2 Å². The summed E-state index contributed by atoms with van der Waals surface area (Å²) in [5.74, 6) is 0.760. The second-order valence-electron chi connectivity index (χ2n) is 6.27. The number of amides is 1. The highest BCUT2D eigenvalue weighted by atomic mass is 32.2. The van der Waals surface area contributed by atoms with E-state index in [1.807, 2.05) is 35.2 Å². The summed E-state index contributed by atoms with van der Waals surface area (Å²) in [4.78, 5) is 22.6. The zero-order valence-electron chi connectivity index (χ0n) is 15.1. The molecule has 0 spiro atoms. The minimum absolute atomic E-state index is 0.0347. The van der Waals surface area contributed by atoms with E-state index in [0.717, 1.165) is 29.5 Å². The van der Waals surface area contributed by atoms with Crippen molar-refractivity contribution in [3.8, 4) is 5.75 Å². The van der Waals surface area contributed by atoms with Crippen molar-refractivity contribution in [2.24, 2.45) is 0 Å². The lowest BCUT2D eigenvalue weighted by Gasteiger charge is -2.34. The Morgan fingerprint density at radius 2 is 1.89 bits per heavy atom. The van der Waals surface area contributed by atoms with Crippen LogP contribution in [0.1, 0.15) is 0 Å². The number of thioether (sulfide) groups is 1. The van der Waals surface area contributed by atoms with Gasteiger partial charge in [-0.3, -0.25) is 4.79 Å². The van der Waals surface area contributed by atoms with Crippen LogP contribution in [0.5, 0.6) is 5.75 Å². The van der Waals surface area contributed by atoms with Crippen molar-refractivity contribution < 1.29 is 9.53 Å². The van der Waals surface area contributed by atoms with Gasteiger partial charge < -0.3 is 14.5 Å². The van der Waals surface area contributed by atoms with Crippen LogP contribution in [0.2, 0.25) is 0 Å². The molecule has 1 fully saturated rings. The molecule has 1 aromatic heterocycles. The summed E-state index contributed by atoms with van der Waals surface area (Å²) in [5.41, 5.74) is 1.08. The molecule has 1 amide bonds. The number of para-hydroxylation sites is 2. The fraction of sp³-hybridized carbons (Fsp3) is 0.300. The summed E-state index contributed by atoms with van der Waals surface area (Å²) in [6.07, 6.45) is 2.08. The molecule has 1 aliphatic heterocycles. The maximum Gasteiger partial charge on any atom is 0.260 e. The maximum absolute atomic E-state index is 12.4. The number of fused-ring (bicyclic) bond motifs is 1. The predicted octanol–water partition coefficient (Wildman–Crippen LogP) is 3.75. The smallest absolute Gasteiger partial charge is 0.260 e. The molecule has 4 rings (SSSR count). The van der Waals surface area contributed by atoms with E-state index in [1.54, 1.807) is 23.1 Å². The molecule has 0 aliphatic carbocycles. The van der Waals surface area contributed by atoms with Gasteiger partial charge in [0, 0.05) is 31.1 Å². The van der Waals surface area contributed by atoms with Gasteiger partial charge in [-0.1, -0.05) is 35.6 Å². The number of aromatic nitrogens is 1. The minimum atomic E-state index is 0.0347. The van der Waals surface area contributed by atoms with Crippen molar-refractivity contribution in [1.82, 2.24) is 9.88 Å². The number of rotatable bonds is 5. The standard InChI is InChI=1S/C20H21N3O2S2/c1-26-16-8-5-9-17-19(16)21-20(27-17)23-12-10-22(11-13-23)18(24)14-25-15-6-3-2-4-7-15/h2-9H,10-14H2,1H3. The van der Waals surface area contributed by atoms with Gasteiger partial charge in [-0.05, 0) is 30.5 Å². The van der Waals surface area contributed by atoms with Crippen molar-refractivity contribution in [3.05, 3.63) is 48.5 Å². The van der Waals surface area contributed by atoms with Crippen molar-refractivity contribution in [1.29, 1.82) is 0 Å². The maximum atomic E-state index is 12.4. The van der Waals surface area contributed by atoms with Crippen molar-refractivity contribution in [2.75, 3.05) is 43.9 Å². The van der Waals surface area contributed by atoms with Crippen molar-refractivity contribution in [2.45, 2.75) is 4.90 Å². The van der Waals surface area contributed by atoms with Crippen LogP contribution in [0.4, 0.5) is 5.13 Å². The molecular formula is C20H21N3O2S2. The SMILES string of the molecule is CSc1cccc2sc(N3CCN(C(=O)COc4ccccc4)CC3)nc12. The van der Waals surface area contributed by atoms with Crippen LogP contribution in [0.3, 0.4) is 0 Å². The first-order chi connectivity index (χ1) is 13.2. The molecule has 140 valence electrons. The van der Waals surface area contributed by atoms with Gasteiger partial charge in [-0.25, -0.2) is 4.98 Å². The van der Waals surface area contributed by atoms with Crippen LogP contribution in [-0.2, 0) is 4.79 Å². The molecule has 0 atom stereocenters. The summed E-state index contributed by atoms with van der Waals surface area (Å²) in [6.45, 7) is 3.07. The number of piperazine rings is 1. The molecule has 0 unspecified atom stereocenters. The molecule has 2 heterocycles. The van der Waals surface area contributed by atoms with Gasteiger partial charge in [-0.15, -0.1) is 11.8 Å². The number of hydrogen-bond donors (Lipinski definition) is 0. The molecule has 5 nitrogen and oxygen atoms in total. The van der Waals surface area contributed by atoms with Gasteiger partial charge in [0.15, 0.2) is 11.7 Å². The Labute approximate surface area is 166 Å². The van der Waals surface area contributed by atoms with Crippen molar-refractivity contribution >= 4 is 44.4 Å². The van der Waals surface area contributed by atoms with Gasteiger partial charge in [0.2, 0.25) is 0 Å². The molecule has 0 saturated carbocycles. The number of carbonyl (C=O) groups is 1. The van der Waals surface area contributed by atoms with Crippen molar-refractivity contribution in [3.63, 3.8) is 0 Å². The lowest BCUT2D eigenvalue weighted by atomic mass is 10.3. The van der Waals surface area contributed by atoms with Crippen LogP contribution in [0.15, 0.2) is 53.4 Å². The third kappa shape index (κ3) is 4.04. The molecule has 27 heavy (non-hydrogen) atoms. The molecule has 0 N–H and O–H groups in total. The fourth-order valence-electron chi connectivity index (χ4n) is 3.11. The number of hydrogen-bond acceptors (Lipinski definition) is 6. The second-order valence-corrected chi connectivity index (χ2v) is 8.13. The average Bonchev–Trinajstić information content (AvgIpc) is 3.17. The van der Waals surface area contributed by atoms with E-state index in [0.29, 0.717) is 13.1 Å². The van der Waals surface area contributed by atoms with E-state index >= 15 is 0 Å². The first-order valence-electron chi connectivity index (χ1n) is 8.89. The fourth-order valence-corrected chi connectivity index (χ4v) is 4.78. The molecule has 2 aromatic carbocycles. The van der Waals surface area contributed by atoms with Gasteiger partial charge in [0.25, 0.3) is 5.91 Å². The third-order valence-electron chi connectivity index (χ3n) is 4.60. The van der Waals surface area contributed by atoms with E-state index in [1.165, 1.54) is 9.60 Å². The lowest BCUT2D eigenvalue weighted by Crippen LogP contribution is -2.50. The number of carbonyl (C=O) groups excluding carboxylic acids is 1. The topological polar surface area (TPSA) is 45.7 Å². The van der Waals surface area contributed by atoms with Crippen LogP contribution < -0.4 is 9.64 Å². The van der Waals surface area contributed by atoms with E-state index in [9.17, 15) is 4.79 Å². The Hall–Kier alpha value is -2.25. The van der Waals surface area contributed by atoms with Crippen LogP contribution in [0, 0.1) is 0 Å². The zero-order valence-corrected chi connectivity index (χ0v) is 16.8. The lowest BCUT2D eigenvalue weighted by molar-refractivity contribution is -0.133. The number of anilines is 1. The largest absolute Gasteiger partial charge is 0.484 e. The highest BCUT2D eigenvalue weighted by Crippen LogP contribution is 2.34. The monoisotopic (exact) mass is 399 g/mol. The summed E-state index contributed by atoms with van der Waals surface area (Å²) < 4.78 is 6.79. The Balaban J connectivity index is 1.35. The minimum Gasteiger partial charge on any atom is -0.484 e. The van der Waals surface area contributed by atoms with Gasteiger partial charge >= 0.3 is 0 Å². The number of ether oxygens (including phenoxy) is 1. The second kappa shape index (κ2) is 8.19. The Morgan fingerprint density at radius 3 is 2.63 bits per heavy atom. The summed E-state index contributed by atoms with van der Waals surface area (Å²) in [5, 5.41) is 1.04. The molecule has 1 saturated heterocycles.